The number of nitrogens with zero attached hydrogens (tertiary/aromatic N) is 1. The second-order valence-electron chi connectivity index (χ2n) is 9.07. The molecule has 0 radical (unpaired) electrons. The van der Waals surface area contributed by atoms with Gasteiger partial charge >= 0.3 is 0 Å². The summed E-state index contributed by atoms with van der Waals surface area (Å²) in [7, 11) is 0. The lowest BCUT2D eigenvalue weighted by Gasteiger charge is -2.66. The zero-order valence-corrected chi connectivity index (χ0v) is 14.0. The first-order valence-corrected chi connectivity index (χ1v) is 9.06. The number of nitrogens with two attached hydrogens (primary N) is 1. The largest absolute Gasteiger partial charge is 0.370 e. The third-order valence-electron chi connectivity index (χ3n) is 7.04. The fourth-order valence-corrected chi connectivity index (χ4v) is 6.75. The first kappa shape index (κ1) is 14.5. The van der Waals surface area contributed by atoms with Crippen LogP contribution in [0.1, 0.15) is 52.9 Å². The van der Waals surface area contributed by atoms with Crippen LogP contribution in [0.25, 0.3) is 0 Å². The Balaban J connectivity index is 1.67. The molecule has 0 aromatic heterocycles. The van der Waals surface area contributed by atoms with Gasteiger partial charge in [0.05, 0.1) is 11.7 Å². The SMILES string of the molecule is CC1CN(C2(CN)C3CC4CC(C3)CC2C4)CC(C)(C)O1. The predicted molar refractivity (Wildman–Crippen MR) is 85.0 cm³/mol. The Morgan fingerprint density at radius 3 is 2.10 bits per heavy atom. The Morgan fingerprint density at radius 1 is 1.05 bits per heavy atom. The Labute approximate surface area is 129 Å². The molecule has 5 fully saturated rings. The molecule has 21 heavy (non-hydrogen) atoms. The molecule has 2 N–H and O–H groups in total. The van der Waals surface area contributed by atoms with Crippen molar-refractivity contribution in [2.24, 2.45) is 29.4 Å². The lowest BCUT2D eigenvalue weighted by molar-refractivity contribution is -0.201. The van der Waals surface area contributed by atoms with E-state index in [1.165, 1.54) is 32.1 Å². The molecule has 5 aliphatic rings. The van der Waals surface area contributed by atoms with E-state index in [1.54, 1.807) is 0 Å². The molecule has 120 valence electrons. The molecule has 5 rings (SSSR count). The summed E-state index contributed by atoms with van der Waals surface area (Å²) in [4.78, 5) is 2.77. The normalized spacial score (nSPS) is 52.3. The maximum Gasteiger partial charge on any atom is 0.0757 e. The Kier molecular flexibility index (Phi) is 3.23. The molecule has 0 spiro atoms. The van der Waals surface area contributed by atoms with E-state index in [4.69, 9.17) is 10.5 Å². The van der Waals surface area contributed by atoms with Crippen LogP contribution < -0.4 is 5.73 Å². The van der Waals surface area contributed by atoms with Crippen molar-refractivity contribution in [3.63, 3.8) is 0 Å². The maximum atomic E-state index is 6.47. The summed E-state index contributed by atoms with van der Waals surface area (Å²) in [5.41, 5.74) is 6.72. The van der Waals surface area contributed by atoms with E-state index in [2.05, 4.69) is 25.7 Å². The molecule has 1 heterocycles. The minimum Gasteiger partial charge on any atom is -0.370 e. The fraction of sp³-hybridized carbons (Fsp3) is 1.00. The van der Waals surface area contributed by atoms with Crippen LogP contribution in [0.3, 0.4) is 0 Å². The molecule has 3 nitrogen and oxygen atoms in total. The highest BCUT2D eigenvalue weighted by Gasteiger charge is 2.60. The minimum atomic E-state index is -0.0332. The van der Waals surface area contributed by atoms with E-state index < -0.39 is 0 Å². The molecule has 0 amide bonds. The molecular formula is C18H32N2O. The number of morpholine rings is 1. The highest BCUT2D eigenvalue weighted by atomic mass is 16.5. The van der Waals surface area contributed by atoms with Crippen molar-refractivity contribution in [2.75, 3.05) is 19.6 Å². The molecular weight excluding hydrogens is 260 g/mol. The molecule has 4 saturated carbocycles. The van der Waals surface area contributed by atoms with Crippen molar-refractivity contribution in [3.8, 4) is 0 Å². The van der Waals surface area contributed by atoms with Gasteiger partial charge in [-0.3, -0.25) is 4.90 Å². The smallest absolute Gasteiger partial charge is 0.0757 e. The molecule has 1 saturated heterocycles. The van der Waals surface area contributed by atoms with Crippen LogP contribution in [-0.2, 0) is 4.74 Å². The Bertz CT molecular complexity index is 391. The first-order valence-electron chi connectivity index (χ1n) is 9.06. The number of rotatable bonds is 2. The second kappa shape index (κ2) is 4.69. The van der Waals surface area contributed by atoms with Crippen LogP contribution in [-0.4, -0.2) is 41.8 Å². The van der Waals surface area contributed by atoms with Crippen LogP contribution >= 0.6 is 0 Å². The Hall–Kier alpha value is -0.120. The summed E-state index contributed by atoms with van der Waals surface area (Å²) in [6.45, 7) is 9.70. The van der Waals surface area contributed by atoms with Gasteiger partial charge < -0.3 is 10.5 Å². The van der Waals surface area contributed by atoms with E-state index in [-0.39, 0.29) is 11.1 Å². The summed E-state index contributed by atoms with van der Waals surface area (Å²) in [6.07, 6.45) is 7.60. The van der Waals surface area contributed by atoms with E-state index in [0.717, 1.165) is 43.3 Å². The van der Waals surface area contributed by atoms with E-state index in [9.17, 15) is 0 Å². The van der Waals surface area contributed by atoms with Gasteiger partial charge in [0.15, 0.2) is 0 Å². The highest BCUT2D eigenvalue weighted by molar-refractivity contribution is 5.13. The van der Waals surface area contributed by atoms with Gasteiger partial charge in [0.2, 0.25) is 0 Å². The van der Waals surface area contributed by atoms with Crippen molar-refractivity contribution < 1.29 is 4.74 Å². The summed E-state index contributed by atoms with van der Waals surface area (Å²) in [5, 5.41) is 0. The summed E-state index contributed by atoms with van der Waals surface area (Å²) >= 11 is 0. The van der Waals surface area contributed by atoms with Crippen molar-refractivity contribution in [2.45, 2.75) is 70.1 Å². The monoisotopic (exact) mass is 292 g/mol. The fourth-order valence-electron chi connectivity index (χ4n) is 6.75. The average Bonchev–Trinajstić information content (AvgIpc) is 2.36. The zero-order valence-electron chi connectivity index (χ0n) is 14.0. The molecule has 0 aromatic rings. The van der Waals surface area contributed by atoms with Gasteiger partial charge in [-0.05, 0) is 76.5 Å². The first-order chi connectivity index (χ1) is 9.93. The van der Waals surface area contributed by atoms with Crippen LogP contribution in [0, 0.1) is 23.7 Å². The molecule has 4 bridgehead atoms. The zero-order chi connectivity index (χ0) is 14.8. The van der Waals surface area contributed by atoms with Crippen molar-refractivity contribution >= 4 is 0 Å². The molecule has 0 aromatic carbocycles. The van der Waals surface area contributed by atoms with Crippen LogP contribution in [0.15, 0.2) is 0 Å². The van der Waals surface area contributed by atoms with Gasteiger partial charge in [-0.25, -0.2) is 0 Å². The highest BCUT2D eigenvalue weighted by Crippen LogP contribution is 2.60. The van der Waals surface area contributed by atoms with Crippen LogP contribution in [0.4, 0.5) is 0 Å². The number of hydrogen-bond donors (Lipinski definition) is 1. The van der Waals surface area contributed by atoms with E-state index in [1.807, 2.05) is 0 Å². The minimum absolute atomic E-state index is 0.0332. The molecule has 3 heteroatoms. The van der Waals surface area contributed by atoms with E-state index >= 15 is 0 Å². The topological polar surface area (TPSA) is 38.5 Å². The number of ether oxygens (including phenoxy) is 1. The molecule has 1 aliphatic heterocycles. The standard InChI is InChI=1S/C18H32N2O/c1-12-9-20(11-17(2,3)21-12)18(10-19)15-5-13-4-14(7-15)8-16(18)6-13/h12-16H,4-11,19H2,1-3H3. The average molecular weight is 292 g/mol. The van der Waals surface area contributed by atoms with Crippen molar-refractivity contribution in [1.82, 2.24) is 4.90 Å². The van der Waals surface area contributed by atoms with Gasteiger partial charge in [-0.1, -0.05) is 0 Å². The third-order valence-corrected chi connectivity index (χ3v) is 7.04. The van der Waals surface area contributed by atoms with Crippen molar-refractivity contribution in [3.05, 3.63) is 0 Å². The van der Waals surface area contributed by atoms with E-state index in [0.29, 0.717) is 6.10 Å². The van der Waals surface area contributed by atoms with Gasteiger partial charge in [0.25, 0.3) is 0 Å². The summed E-state index contributed by atoms with van der Waals surface area (Å²) in [5.74, 6) is 3.72. The lowest BCUT2D eigenvalue weighted by atomic mass is 9.48. The summed E-state index contributed by atoms with van der Waals surface area (Å²) in [6, 6.07) is 0. The van der Waals surface area contributed by atoms with Gasteiger partial charge in [-0.2, -0.15) is 0 Å². The predicted octanol–water partition coefficient (Wildman–Crippen LogP) is 2.64. The quantitative estimate of drug-likeness (QED) is 0.850. The lowest BCUT2D eigenvalue weighted by Crippen LogP contribution is -2.73. The van der Waals surface area contributed by atoms with Crippen LogP contribution in [0.2, 0.25) is 0 Å². The van der Waals surface area contributed by atoms with Gasteiger partial charge in [0.1, 0.15) is 0 Å². The third kappa shape index (κ3) is 2.11. The molecule has 1 unspecified atom stereocenters. The second-order valence-corrected chi connectivity index (χ2v) is 9.07. The van der Waals surface area contributed by atoms with Gasteiger partial charge in [-0.15, -0.1) is 0 Å². The molecule has 4 aliphatic carbocycles. The van der Waals surface area contributed by atoms with Crippen LogP contribution in [0.5, 0.6) is 0 Å². The number of hydrogen-bond acceptors (Lipinski definition) is 3. The van der Waals surface area contributed by atoms with Gasteiger partial charge in [0, 0.05) is 25.2 Å². The summed E-state index contributed by atoms with van der Waals surface area (Å²) < 4.78 is 6.15. The van der Waals surface area contributed by atoms with Crippen molar-refractivity contribution in [1.29, 1.82) is 0 Å². The maximum absolute atomic E-state index is 6.47. The molecule has 1 atom stereocenters. The Morgan fingerprint density at radius 2 is 1.62 bits per heavy atom.